The molecule has 1 aromatic rings. The molecule has 16 heavy (non-hydrogen) atoms. The zero-order valence-corrected chi connectivity index (χ0v) is 8.59. The van der Waals surface area contributed by atoms with Gasteiger partial charge >= 0.3 is 5.97 Å². The van der Waals surface area contributed by atoms with Crippen LogP contribution in [0.15, 0.2) is 30.3 Å². The molecule has 0 aromatic heterocycles. The summed E-state index contributed by atoms with van der Waals surface area (Å²) in [4.78, 5) is 21.4. The Labute approximate surface area is 92.8 Å². The lowest BCUT2D eigenvalue weighted by atomic mass is 10.1. The van der Waals surface area contributed by atoms with Gasteiger partial charge in [-0.05, 0) is 18.2 Å². The summed E-state index contributed by atoms with van der Waals surface area (Å²) >= 11 is 0. The standard InChI is InChI=1S/C12H12O4/c13-10(7-8-12(15)16)6-5-9-3-1-2-4-11(9)14/h1-6,14H,7-8H2,(H,15,16). The van der Waals surface area contributed by atoms with Gasteiger partial charge in [-0.3, -0.25) is 9.59 Å². The number of ketones is 1. The van der Waals surface area contributed by atoms with Crippen LogP contribution >= 0.6 is 0 Å². The number of benzene rings is 1. The van der Waals surface area contributed by atoms with Gasteiger partial charge in [0.2, 0.25) is 0 Å². The van der Waals surface area contributed by atoms with E-state index >= 15 is 0 Å². The van der Waals surface area contributed by atoms with E-state index in [9.17, 15) is 14.7 Å². The van der Waals surface area contributed by atoms with Gasteiger partial charge in [0.1, 0.15) is 5.75 Å². The van der Waals surface area contributed by atoms with E-state index in [0.29, 0.717) is 5.56 Å². The Balaban J connectivity index is 2.57. The quantitative estimate of drug-likeness (QED) is 0.742. The first-order valence-corrected chi connectivity index (χ1v) is 4.80. The summed E-state index contributed by atoms with van der Waals surface area (Å²) in [7, 11) is 0. The molecule has 0 saturated carbocycles. The number of carbonyl (C=O) groups is 2. The highest BCUT2D eigenvalue weighted by Gasteiger charge is 2.02. The maximum Gasteiger partial charge on any atom is 0.303 e. The van der Waals surface area contributed by atoms with Crippen molar-refractivity contribution in [2.45, 2.75) is 12.8 Å². The molecule has 4 nitrogen and oxygen atoms in total. The predicted molar refractivity (Wildman–Crippen MR) is 59.0 cm³/mol. The number of carbonyl (C=O) groups excluding carboxylic acids is 1. The van der Waals surface area contributed by atoms with E-state index in [1.165, 1.54) is 18.2 Å². The number of aliphatic carboxylic acids is 1. The zero-order chi connectivity index (χ0) is 12.0. The molecule has 0 atom stereocenters. The lowest BCUT2D eigenvalue weighted by Gasteiger charge is -1.96. The minimum atomic E-state index is -0.996. The fourth-order valence-electron chi connectivity index (χ4n) is 1.12. The molecule has 0 radical (unpaired) electrons. The van der Waals surface area contributed by atoms with Crippen molar-refractivity contribution in [3.8, 4) is 5.75 Å². The monoisotopic (exact) mass is 220 g/mol. The molecule has 0 aliphatic carbocycles. The summed E-state index contributed by atoms with van der Waals surface area (Å²) in [6.45, 7) is 0. The van der Waals surface area contributed by atoms with Gasteiger partial charge in [0.25, 0.3) is 0 Å². The molecule has 84 valence electrons. The molecule has 0 bridgehead atoms. The van der Waals surface area contributed by atoms with Crippen molar-refractivity contribution in [1.82, 2.24) is 0 Å². The molecule has 2 N–H and O–H groups in total. The minimum Gasteiger partial charge on any atom is -0.507 e. The van der Waals surface area contributed by atoms with Gasteiger partial charge in [0.05, 0.1) is 6.42 Å². The van der Waals surface area contributed by atoms with E-state index in [2.05, 4.69) is 0 Å². The highest BCUT2D eigenvalue weighted by Crippen LogP contribution is 2.16. The first-order valence-electron chi connectivity index (χ1n) is 4.80. The highest BCUT2D eigenvalue weighted by atomic mass is 16.4. The number of aromatic hydroxyl groups is 1. The van der Waals surface area contributed by atoms with Gasteiger partial charge in [-0.25, -0.2) is 0 Å². The lowest BCUT2D eigenvalue weighted by molar-refractivity contribution is -0.138. The van der Waals surface area contributed by atoms with E-state index < -0.39 is 5.97 Å². The number of phenols is 1. The summed E-state index contributed by atoms with van der Waals surface area (Å²) < 4.78 is 0. The average molecular weight is 220 g/mol. The molecule has 0 aliphatic heterocycles. The number of para-hydroxylation sites is 1. The third kappa shape index (κ3) is 3.96. The molecular formula is C12H12O4. The van der Waals surface area contributed by atoms with E-state index in [-0.39, 0.29) is 24.4 Å². The minimum absolute atomic E-state index is 0.0283. The van der Waals surface area contributed by atoms with Gasteiger partial charge in [-0.1, -0.05) is 18.2 Å². The molecule has 0 aliphatic rings. The second kappa shape index (κ2) is 5.70. The van der Waals surface area contributed by atoms with Crippen molar-refractivity contribution in [2.75, 3.05) is 0 Å². The zero-order valence-electron chi connectivity index (χ0n) is 8.59. The van der Waals surface area contributed by atoms with Crippen molar-refractivity contribution in [2.24, 2.45) is 0 Å². The Kier molecular flexibility index (Phi) is 4.27. The Bertz CT molecular complexity index is 421. The van der Waals surface area contributed by atoms with E-state index in [0.717, 1.165) is 0 Å². The normalized spacial score (nSPS) is 10.5. The summed E-state index contributed by atoms with van der Waals surface area (Å²) in [6, 6.07) is 6.59. The first kappa shape index (κ1) is 12.0. The van der Waals surface area contributed by atoms with Crippen LogP contribution in [0.3, 0.4) is 0 Å². The van der Waals surface area contributed by atoms with Crippen LogP contribution < -0.4 is 0 Å². The van der Waals surface area contributed by atoms with Crippen molar-refractivity contribution < 1.29 is 19.8 Å². The van der Waals surface area contributed by atoms with Crippen LogP contribution in [0.1, 0.15) is 18.4 Å². The molecule has 0 unspecified atom stereocenters. The number of carboxylic acid groups (broad SMARTS) is 1. The van der Waals surface area contributed by atoms with Crippen molar-refractivity contribution in [3.63, 3.8) is 0 Å². The smallest absolute Gasteiger partial charge is 0.303 e. The average Bonchev–Trinajstić information content (AvgIpc) is 2.25. The first-order chi connectivity index (χ1) is 7.59. The van der Waals surface area contributed by atoms with Gasteiger partial charge in [0, 0.05) is 12.0 Å². The number of rotatable bonds is 5. The summed E-state index contributed by atoms with van der Waals surface area (Å²) in [5.74, 6) is -1.18. The molecule has 0 fully saturated rings. The van der Waals surface area contributed by atoms with Crippen LogP contribution in [0, 0.1) is 0 Å². The molecule has 4 heteroatoms. The van der Waals surface area contributed by atoms with Crippen LogP contribution in [-0.2, 0) is 9.59 Å². The molecule has 0 saturated heterocycles. The van der Waals surface area contributed by atoms with Gasteiger partial charge in [0.15, 0.2) is 5.78 Å². The SMILES string of the molecule is O=C(O)CCC(=O)C=Cc1ccccc1O. The Morgan fingerprint density at radius 3 is 2.50 bits per heavy atom. The summed E-state index contributed by atoms with van der Waals surface area (Å²) in [5.41, 5.74) is 0.533. The fraction of sp³-hybridized carbons (Fsp3) is 0.167. The number of hydrogen-bond donors (Lipinski definition) is 2. The predicted octanol–water partition coefficient (Wildman–Crippen LogP) is 1.84. The lowest BCUT2D eigenvalue weighted by Crippen LogP contribution is -1.99. The Hall–Kier alpha value is -2.10. The number of phenolic OH excluding ortho intramolecular Hbond substituents is 1. The molecule has 1 rings (SSSR count). The maximum atomic E-state index is 11.2. The number of carboxylic acids is 1. The van der Waals surface area contributed by atoms with E-state index in [4.69, 9.17) is 5.11 Å². The highest BCUT2D eigenvalue weighted by molar-refractivity contribution is 5.95. The van der Waals surface area contributed by atoms with Gasteiger partial charge in [-0.15, -0.1) is 0 Å². The molecule has 0 heterocycles. The third-order valence-electron chi connectivity index (χ3n) is 1.97. The largest absolute Gasteiger partial charge is 0.507 e. The molecular weight excluding hydrogens is 208 g/mol. The second-order valence-corrected chi connectivity index (χ2v) is 3.25. The van der Waals surface area contributed by atoms with Gasteiger partial charge in [-0.2, -0.15) is 0 Å². The molecule has 0 spiro atoms. The Morgan fingerprint density at radius 1 is 1.19 bits per heavy atom. The molecule has 0 amide bonds. The maximum absolute atomic E-state index is 11.2. The third-order valence-corrected chi connectivity index (χ3v) is 1.97. The number of hydrogen-bond acceptors (Lipinski definition) is 3. The fourth-order valence-corrected chi connectivity index (χ4v) is 1.12. The van der Waals surface area contributed by atoms with E-state index in [1.807, 2.05) is 0 Å². The van der Waals surface area contributed by atoms with Crippen molar-refractivity contribution >= 4 is 17.8 Å². The Morgan fingerprint density at radius 2 is 1.88 bits per heavy atom. The van der Waals surface area contributed by atoms with Crippen molar-refractivity contribution in [1.29, 1.82) is 0 Å². The number of allylic oxidation sites excluding steroid dienone is 1. The van der Waals surface area contributed by atoms with E-state index in [1.54, 1.807) is 18.2 Å². The molecule has 1 aromatic carbocycles. The van der Waals surface area contributed by atoms with Crippen LogP contribution in [0.4, 0.5) is 0 Å². The van der Waals surface area contributed by atoms with Crippen LogP contribution in [0.25, 0.3) is 6.08 Å². The second-order valence-electron chi connectivity index (χ2n) is 3.25. The van der Waals surface area contributed by atoms with Crippen LogP contribution in [0.2, 0.25) is 0 Å². The van der Waals surface area contributed by atoms with Gasteiger partial charge < -0.3 is 10.2 Å². The van der Waals surface area contributed by atoms with Crippen LogP contribution in [-0.4, -0.2) is 22.0 Å². The van der Waals surface area contributed by atoms with Crippen molar-refractivity contribution in [3.05, 3.63) is 35.9 Å². The summed E-state index contributed by atoms with van der Waals surface area (Å²) in [5, 5.41) is 17.8. The topological polar surface area (TPSA) is 74.6 Å². The van der Waals surface area contributed by atoms with Crippen LogP contribution in [0.5, 0.6) is 5.75 Å². The summed E-state index contributed by atoms with van der Waals surface area (Å²) in [6.07, 6.45) is 2.54.